The van der Waals surface area contributed by atoms with E-state index in [1.54, 1.807) is 11.9 Å². The second-order valence-electron chi connectivity index (χ2n) is 6.83. The van der Waals surface area contributed by atoms with E-state index in [1.165, 1.54) is 12.8 Å². The molecule has 2 aliphatic heterocycles. The van der Waals surface area contributed by atoms with Gasteiger partial charge in [-0.1, -0.05) is 0 Å². The summed E-state index contributed by atoms with van der Waals surface area (Å²) in [6.45, 7) is 3.66. The number of sulfonamides is 1. The van der Waals surface area contributed by atoms with Crippen LogP contribution in [0.15, 0.2) is 0 Å². The predicted molar refractivity (Wildman–Crippen MR) is 88.6 cm³/mol. The van der Waals surface area contributed by atoms with Crippen molar-refractivity contribution in [3.05, 3.63) is 0 Å². The number of nitrogens with one attached hydrogen (secondary N) is 2. The van der Waals surface area contributed by atoms with E-state index >= 15 is 0 Å². The summed E-state index contributed by atoms with van der Waals surface area (Å²) >= 11 is 0. The van der Waals surface area contributed by atoms with Crippen LogP contribution in [0.25, 0.3) is 0 Å². The number of fused-ring (bicyclic) bond motifs is 2. The fourth-order valence-electron chi connectivity index (χ4n) is 3.31. The van der Waals surface area contributed by atoms with Crippen LogP contribution in [0.1, 0.15) is 39.5 Å². The first kappa shape index (κ1) is 18.6. The minimum Gasteiger partial charge on any atom is -0.378 e. The van der Waals surface area contributed by atoms with Crippen LogP contribution in [-0.4, -0.2) is 69.4 Å². The molecule has 0 aliphatic carbocycles. The molecule has 7 nitrogen and oxygen atoms in total. The highest BCUT2D eigenvalue weighted by molar-refractivity contribution is 7.89. The summed E-state index contributed by atoms with van der Waals surface area (Å²) in [6.07, 6.45) is 4.24. The number of piperidine rings is 1. The molecule has 2 aliphatic rings. The van der Waals surface area contributed by atoms with Crippen molar-refractivity contribution in [2.24, 2.45) is 0 Å². The van der Waals surface area contributed by atoms with Crippen molar-refractivity contribution in [3.63, 3.8) is 0 Å². The Kier molecular flexibility index (Phi) is 6.41. The van der Waals surface area contributed by atoms with E-state index in [0.717, 1.165) is 12.8 Å². The van der Waals surface area contributed by atoms with Gasteiger partial charge in [0.2, 0.25) is 15.9 Å². The van der Waals surface area contributed by atoms with E-state index in [9.17, 15) is 13.2 Å². The van der Waals surface area contributed by atoms with Gasteiger partial charge in [0, 0.05) is 25.2 Å². The van der Waals surface area contributed by atoms with Gasteiger partial charge in [-0.05, 0) is 39.5 Å². The summed E-state index contributed by atoms with van der Waals surface area (Å²) in [5.74, 6) is -0.302. The molecule has 0 aromatic rings. The molecule has 2 fully saturated rings. The van der Waals surface area contributed by atoms with E-state index in [4.69, 9.17) is 4.74 Å². The van der Waals surface area contributed by atoms with Gasteiger partial charge in [-0.25, -0.2) is 13.1 Å². The number of amides is 1. The summed E-state index contributed by atoms with van der Waals surface area (Å²) < 4.78 is 31.3. The average molecular weight is 347 g/mol. The van der Waals surface area contributed by atoms with E-state index in [0.29, 0.717) is 12.1 Å². The lowest BCUT2D eigenvalue weighted by atomic mass is 9.98. The Bertz CT molecular complexity index is 497. The Morgan fingerprint density at radius 3 is 2.48 bits per heavy atom. The van der Waals surface area contributed by atoms with Gasteiger partial charge in [-0.3, -0.25) is 4.79 Å². The van der Waals surface area contributed by atoms with Crippen LogP contribution >= 0.6 is 0 Å². The smallest absolute Gasteiger partial charge is 0.237 e. The van der Waals surface area contributed by atoms with E-state index in [2.05, 4.69) is 10.0 Å². The molecule has 2 saturated heterocycles. The van der Waals surface area contributed by atoms with E-state index < -0.39 is 10.0 Å². The number of hydrogen-bond acceptors (Lipinski definition) is 5. The second-order valence-corrected chi connectivity index (χ2v) is 8.75. The van der Waals surface area contributed by atoms with Gasteiger partial charge in [0.1, 0.15) is 0 Å². The van der Waals surface area contributed by atoms with Crippen molar-refractivity contribution < 1.29 is 17.9 Å². The third kappa shape index (κ3) is 5.70. The standard InChI is InChI=1S/C15H29N3O4S/c1-11(2)22-6-7-23(20,21)16-10-15(19)18(3)14-8-12-4-5-13(9-14)17-12/h11-14,16-17H,4-10H2,1-3H3. The molecule has 2 rings (SSSR count). The van der Waals surface area contributed by atoms with Crippen LogP contribution in [0, 0.1) is 0 Å². The maximum atomic E-state index is 12.3. The SMILES string of the molecule is CC(C)OCCS(=O)(=O)NCC(=O)N(C)C1CC2CCC(C1)N2. The molecule has 0 radical (unpaired) electrons. The van der Waals surface area contributed by atoms with Crippen LogP contribution < -0.4 is 10.0 Å². The predicted octanol–water partition coefficient (Wildman–Crippen LogP) is 0.0722. The first-order valence-corrected chi connectivity index (χ1v) is 10.0. The summed E-state index contributed by atoms with van der Waals surface area (Å²) in [5, 5.41) is 3.54. The molecule has 134 valence electrons. The molecule has 2 unspecified atom stereocenters. The Labute approximate surface area is 139 Å². The Morgan fingerprint density at radius 1 is 1.30 bits per heavy atom. The van der Waals surface area contributed by atoms with Gasteiger partial charge in [-0.2, -0.15) is 0 Å². The molecule has 0 spiro atoms. The Morgan fingerprint density at radius 2 is 1.91 bits per heavy atom. The van der Waals surface area contributed by atoms with Gasteiger partial charge in [0.15, 0.2) is 0 Å². The van der Waals surface area contributed by atoms with Gasteiger partial charge in [-0.15, -0.1) is 0 Å². The maximum Gasteiger partial charge on any atom is 0.237 e. The topological polar surface area (TPSA) is 87.7 Å². The highest BCUT2D eigenvalue weighted by Crippen LogP contribution is 2.29. The zero-order valence-electron chi connectivity index (χ0n) is 14.2. The molecule has 0 aromatic carbocycles. The molecule has 23 heavy (non-hydrogen) atoms. The lowest BCUT2D eigenvalue weighted by Crippen LogP contribution is -2.50. The molecule has 8 heteroatoms. The molecule has 2 bridgehead atoms. The quantitative estimate of drug-likeness (QED) is 0.649. The van der Waals surface area contributed by atoms with Crippen LogP contribution in [0.5, 0.6) is 0 Å². The molecule has 1 amide bonds. The molecular weight excluding hydrogens is 318 g/mol. The van der Waals surface area contributed by atoms with Gasteiger partial charge in [0.05, 0.1) is 25.0 Å². The number of hydrogen-bond donors (Lipinski definition) is 2. The Balaban J connectivity index is 1.75. The fourth-order valence-corrected chi connectivity index (χ4v) is 4.11. The van der Waals surface area contributed by atoms with Crippen molar-refractivity contribution in [3.8, 4) is 0 Å². The number of carbonyl (C=O) groups is 1. The third-order valence-corrected chi connectivity index (χ3v) is 5.92. The number of nitrogens with zero attached hydrogens (tertiary/aromatic N) is 1. The van der Waals surface area contributed by atoms with Crippen molar-refractivity contribution in [1.29, 1.82) is 0 Å². The molecule has 0 aromatic heterocycles. The normalized spacial score (nSPS) is 27.4. The van der Waals surface area contributed by atoms with E-state index in [-0.39, 0.29) is 37.0 Å². The number of ether oxygens (including phenoxy) is 1. The minimum absolute atomic E-state index is 0.00625. The molecule has 2 heterocycles. The zero-order valence-corrected chi connectivity index (χ0v) is 15.1. The fraction of sp³-hybridized carbons (Fsp3) is 0.933. The lowest BCUT2D eigenvalue weighted by Gasteiger charge is -2.35. The molecule has 2 atom stereocenters. The minimum atomic E-state index is -3.48. The van der Waals surface area contributed by atoms with Gasteiger partial charge in [0.25, 0.3) is 0 Å². The Hall–Kier alpha value is -0.700. The number of likely N-dealkylation sites (N-methyl/N-ethyl adjacent to an activating group) is 1. The van der Waals surface area contributed by atoms with Crippen LogP contribution in [0.4, 0.5) is 0 Å². The van der Waals surface area contributed by atoms with Crippen molar-refractivity contribution >= 4 is 15.9 Å². The molecule has 2 N–H and O–H groups in total. The summed E-state index contributed by atoms with van der Waals surface area (Å²) in [4.78, 5) is 14.0. The lowest BCUT2D eigenvalue weighted by molar-refractivity contribution is -0.131. The third-order valence-electron chi connectivity index (χ3n) is 4.64. The zero-order chi connectivity index (χ0) is 17.0. The highest BCUT2D eigenvalue weighted by atomic mass is 32.2. The first-order valence-electron chi connectivity index (χ1n) is 8.37. The first-order chi connectivity index (χ1) is 10.8. The largest absolute Gasteiger partial charge is 0.378 e. The van der Waals surface area contributed by atoms with Crippen molar-refractivity contribution in [2.75, 3.05) is 26.0 Å². The summed E-state index contributed by atoms with van der Waals surface area (Å²) in [7, 11) is -1.71. The maximum absolute atomic E-state index is 12.3. The van der Waals surface area contributed by atoms with Crippen LogP contribution in [-0.2, 0) is 19.6 Å². The van der Waals surface area contributed by atoms with Crippen molar-refractivity contribution in [1.82, 2.24) is 14.9 Å². The summed E-state index contributed by atoms with van der Waals surface area (Å²) in [6, 6.07) is 1.20. The molecular formula is C15H29N3O4S. The molecule has 0 saturated carbocycles. The average Bonchev–Trinajstić information content (AvgIpc) is 2.82. The van der Waals surface area contributed by atoms with Crippen molar-refractivity contribution in [2.45, 2.75) is 63.8 Å². The van der Waals surface area contributed by atoms with Gasteiger partial charge < -0.3 is 15.0 Å². The van der Waals surface area contributed by atoms with Crippen LogP contribution in [0.3, 0.4) is 0 Å². The van der Waals surface area contributed by atoms with Gasteiger partial charge >= 0.3 is 0 Å². The monoisotopic (exact) mass is 347 g/mol. The number of carbonyl (C=O) groups excluding carboxylic acids is 1. The van der Waals surface area contributed by atoms with E-state index in [1.807, 2.05) is 13.8 Å². The number of rotatable bonds is 8. The van der Waals surface area contributed by atoms with Crippen LogP contribution in [0.2, 0.25) is 0 Å². The second kappa shape index (κ2) is 7.92. The summed E-state index contributed by atoms with van der Waals surface area (Å²) in [5.41, 5.74) is 0. The highest BCUT2D eigenvalue weighted by Gasteiger charge is 2.36.